The number of ketones is 1. The quantitative estimate of drug-likeness (QED) is 0.514. The van der Waals surface area contributed by atoms with Crippen LogP contribution in [0.25, 0.3) is 11.0 Å². The summed E-state index contributed by atoms with van der Waals surface area (Å²) in [4.78, 5) is 29.1. The highest BCUT2D eigenvalue weighted by Crippen LogP contribution is 2.40. The van der Waals surface area contributed by atoms with Crippen LogP contribution in [0.2, 0.25) is 0 Å². The molecule has 1 aliphatic rings. The molecule has 2 heterocycles. The van der Waals surface area contributed by atoms with Crippen molar-refractivity contribution in [3.63, 3.8) is 0 Å². The monoisotopic (exact) mass is 450 g/mol. The van der Waals surface area contributed by atoms with Crippen LogP contribution in [0.1, 0.15) is 22.2 Å². The minimum Gasteiger partial charge on any atom is -0.868 e. The molecular weight excluding hydrogens is 424 g/mol. The van der Waals surface area contributed by atoms with Crippen molar-refractivity contribution in [2.75, 3.05) is 41.4 Å². The molecule has 1 amide bonds. The molecular formula is C25H26N2O6. The number of rotatable bonds is 8. The number of nitrogens with one attached hydrogen (secondary N) is 1. The first-order chi connectivity index (χ1) is 15.8. The Morgan fingerprint density at radius 1 is 1.12 bits per heavy atom. The van der Waals surface area contributed by atoms with Crippen LogP contribution in [0, 0.1) is 0 Å². The second kappa shape index (κ2) is 8.99. The summed E-state index contributed by atoms with van der Waals surface area (Å²) in [6.07, 6.45) is 0. The lowest BCUT2D eigenvalue weighted by molar-refractivity contribution is -0.857. The average molecular weight is 450 g/mol. The van der Waals surface area contributed by atoms with Gasteiger partial charge in [0.05, 0.1) is 47.4 Å². The molecule has 0 saturated carbocycles. The van der Waals surface area contributed by atoms with E-state index in [2.05, 4.69) is 0 Å². The zero-order valence-corrected chi connectivity index (χ0v) is 19.0. The molecule has 1 atom stereocenters. The molecule has 1 unspecified atom stereocenters. The van der Waals surface area contributed by atoms with E-state index in [1.165, 1.54) is 19.1 Å². The Hall–Kier alpha value is -3.78. The maximum atomic E-state index is 13.6. The number of nitrogens with zero attached hydrogens (tertiary/aromatic N) is 1. The highest BCUT2D eigenvalue weighted by atomic mass is 16.5. The first kappa shape index (κ1) is 22.4. The number of likely N-dealkylation sites (N-methyl/N-ethyl adjacent to an activating group) is 1. The van der Waals surface area contributed by atoms with Crippen LogP contribution in [-0.2, 0) is 4.79 Å². The van der Waals surface area contributed by atoms with Crippen LogP contribution in [0.15, 0.2) is 64.3 Å². The first-order valence-corrected chi connectivity index (χ1v) is 10.6. The number of quaternary nitrogens is 1. The number of hydrogen-bond acceptors (Lipinski definition) is 6. The van der Waals surface area contributed by atoms with E-state index in [1.807, 2.05) is 14.1 Å². The first-order valence-electron chi connectivity index (χ1n) is 10.6. The number of benzene rings is 2. The summed E-state index contributed by atoms with van der Waals surface area (Å²) < 4.78 is 16.4. The van der Waals surface area contributed by atoms with E-state index in [1.54, 1.807) is 48.5 Å². The van der Waals surface area contributed by atoms with E-state index < -0.39 is 23.5 Å². The van der Waals surface area contributed by atoms with Crippen molar-refractivity contribution in [2.24, 2.45) is 0 Å². The van der Waals surface area contributed by atoms with Crippen molar-refractivity contribution in [3.8, 4) is 11.5 Å². The van der Waals surface area contributed by atoms with Crippen molar-refractivity contribution >= 4 is 22.7 Å². The number of hydrogen-bond donors (Lipinski definition) is 1. The third-order valence-corrected chi connectivity index (χ3v) is 5.74. The predicted molar refractivity (Wildman–Crippen MR) is 119 cm³/mol. The van der Waals surface area contributed by atoms with Gasteiger partial charge in [-0.2, -0.15) is 0 Å². The Morgan fingerprint density at radius 3 is 2.58 bits per heavy atom. The number of methoxy groups -OCH3 is 2. The smallest absolute Gasteiger partial charge is 0.240 e. The SMILES string of the molecule is COc1cccc(C2C(C(=O)c3cc4cccc(OC)c4o3)=C([O-])C(=O)N2CC[NH+](C)C)c1. The molecule has 0 aliphatic carbocycles. The Labute approximate surface area is 191 Å². The summed E-state index contributed by atoms with van der Waals surface area (Å²) in [6.45, 7) is 0.933. The number of Topliss-reactive ketones (excluding diaryl/α,β-unsaturated/α-hetero) is 1. The number of fused-ring (bicyclic) bond motifs is 1. The van der Waals surface area contributed by atoms with Crippen LogP contribution >= 0.6 is 0 Å². The third kappa shape index (κ3) is 4.05. The molecule has 33 heavy (non-hydrogen) atoms. The summed E-state index contributed by atoms with van der Waals surface area (Å²) in [5, 5.41) is 13.8. The maximum Gasteiger partial charge on any atom is 0.240 e. The van der Waals surface area contributed by atoms with E-state index >= 15 is 0 Å². The molecule has 0 bridgehead atoms. The van der Waals surface area contributed by atoms with E-state index in [0.717, 1.165) is 4.90 Å². The summed E-state index contributed by atoms with van der Waals surface area (Å²) in [5.74, 6) is -1.09. The lowest BCUT2D eigenvalue weighted by Crippen LogP contribution is -3.06. The molecule has 3 aromatic rings. The number of furan rings is 1. The molecule has 1 N–H and O–H groups in total. The molecule has 8 heteroatoms. The largest absolute Gasteiger partial charge is 0.868 e. The van der Waals surface area contributed by atoms with Crippen molar-refractivity contribution in [1.82, 2.24) is 4.90 Å². The van der Waals surface area contributed by atoms with Crippen LogP contribution in [0.3, 0.4) is 0 Å². The Bertz CT molecular complexity index is 1240. The van der Waals surface area contributed by atoms with Gasteiger partial charge in [-0.1, -0.05) is 24.3 Å². The van der Waals surface area contributed by atoms with Gasteiger partial charge in [0.1, 0.15) is 5.75 Å². The molecule has 0 spiro atoms. The molecule has 0 fully saturated rings. The molecule has 0 saturated heterocycles. The highest BCUT2D eigenvalue weighted by molar-refractivity contribution is 6.16. The van der Waals surface area contributed by atoms with E-state index in [-0.39, 0.29) is 11.3 Å². The van der Waals surface area contributed by atoms with Gasteiger partial charge in [-0.05, 0) is 35.6 Å². The predicted octanol–water partition coefficient (Wildman–Crippen LogP) is 0.975. The lowest BCUT2D eigenvalue weighted by atomic mass is 9.95. The average Bonchev–Trinajstić information content (AvgIpc) is 3.36. The number of para-hydroxylation sites is 1. The van der Waals surface area contributed by atoms with Gasteiger partial charge in [0.15, 0.2) is 17.1 Å². The topological polar surface area (TPSA) is 96.5 Å². The molecule has 2 aromatic carbocycles. The molecule has 8 nitrogen and oxygen atoms in total. The van der Waals surface area contributed by atoms with Crippen LogP contribution < -0.4 is 19.5 Å². The second-order valence-electron chi connectivity index (χ2n) is 8.20. The molecule has 1 aliphatic heterocycles. The van der Waals surface area contributed by atoms with Gasteiger partial charge in [-0.25, -0.2) is 0 Å². The molecule has 172 valence electrons. The van der Waals surface area contributed by atoms with Gasteiger partial charge in [-0.3, -0.25) is 9.59 Å². The fraction of sp³-hybridized carbons (Fsp3) is 0.280. The number of ether oxygens (including phenoxy) is 2. The Morgan fingerprint density at radius 2 is 1.88 bits per heavy atom. The van der Waals surface area contributed by atoms with Gasteiger partial charge in [0.2, 0.25) is 11.7 Å². The zero-order chi connectivity index (χ0) is 23.7. The number of amides is 1. The molecule has 4 rings (SSSR count). The van der Waals surface area contributed by atoms with Gasteiger partial charge in [-0.15, -0.1) is 0 Å². The minimum absolute atomic E-state index is 0.0152. The van der Waals surface area contributed by atoms with Crippen molar-refractivity contribution in [3.05, 3.63) is 71.2 Å². The lowest BCUT2D eigenvalue weighted by Gasteiger charge is -2.28. The number of carbonyl (C=O) groups is 2. The van der Waals surface area contributed by atoms with Crippen molar-refractivity contribution in [2.45, 2.75) is 6.04 Å². The molecule has 1 aromatic heterocycles. The number of carbonyl (C=O) groups excluding carboxylic acids is 2. The summed E-state index contributed by atoms with van der Waals surface area (Å²) in [6, 6.07) is 13.1. The van der Waals surface area contributed by atoms with E-state index in [9.17, 15) is 14.7 Å². The van der Waals surface area contributed by atoms with Crippen LogP contribution in [0.5, 0.6) is 11.5 Å². The van der Waals surface area contributed by atoms with Crippen molar-refractivity contribution in [1.29, 1.82) is 0 Å². The molecule has 0 radical (unpaired) electrons. The van der Waals surface area contributed by atoms with Gasteiger partial charge < -0.3 is 28.8 Å². The summed E-state index contributed by atoms with van der Waals surface area (Å²) in [5.41, 5.74) is 0.908. The Balaban J connectivity index is 1.81. The minimum atomic E-state index is -0.831. The highest BCUT2D eigenvalue weighted by Gasteiger charge is 2.40. The maximum absolute atomic E-state index is 13.6. The van der Waals surface area contributed by atoms with E-state index in [4.69, 9.17) is 13.9 Å². The second-order valence-corrected chi connectivity index (χ2v) is 8.20. The summed E-state index contributed by atoms with van der Waals surface area (Å²) >= 11 is 0. The van der Waals surface area contributed by atoms with Crippen LogP contribution in [-0.4, -0.2) is 58.0 Å². The van der Waals surface area contributed by atoms with Gasteiger partial charge in [0, 0.05) is 11.0 Å². The van der Waals surface area contributed by atoms with Gasteiger partial charge >= 0.3 is 0 Å². The summed E-state index contributed by atoms with van der Waals surface area (Å²) in [7, 11) is 6.96. The Kier molecular flexibility index (Phi) is 6.11. The van der Waals surface area contributed by atoms with Crippen LogP contribution in [0.4, 0.5) is 0 Å². The fourth-order valence-corrected chi connectivity index (χ4v) is 4.04. The van der Waals surface area contributed by atoms with E-state index in [0.29, 0.717) is 41.1 Å². The van der Waals surface area contributed by atoms with Gasteiger partial charge in [0.25, 0.3) is 0 Å². The normalized spacial score (nSPS) is 16.2. The zero-order valence-electron chi connectivity index (χ0n) is 19.0. The third-order valence-electron chi connectivity index (χ3n) is 5.74. The standard InChI is InChI=1S/C25H26N2O6/c1-26(2)11-12-27-21(15-7-5-9-17(13-15)31-3)20(23(29)25(27)30)22(28)19-14-16-8-6-10-18(32-4)24(16)33-19/h5-10,13-14,21,29H,11-12H2,1-4H3. The fourth-order valence-electron chi connectivity index (χ4n) is 4.04. The van der Waals surface area contributed by atoms with Crippen molar-refractivity contribution < 1.29 is 33.5 Å².